The third-order valence-electron chi connectivity index (χ3n) is 10.6. The number of hydrogen-bond acceptors (Lipinski definition) is 13. The maximum absolute atomic E-state index is 12.0. The van der Waals surface area contributed by atoms with E-state index in [-0.39, 0.29) is 24.7 Å². The fourth-order valence-electron chi connectivity index (χ4n) is 8.78. The summed E-state index contributed by atoms with van der Waals surface area (Å²) in [5.41, 5.74) is 3.30. The molecule has 4 aliphatic carbocycles. The summed E-state index contributed by atoms with van der Waals surface area (Å²) in [6, 6.07) is -0.521. The van der Waals surface area contributed by atoms with Gasteiger partial charge in [-0.1, -0.05) is 13.8 Å². The van der Waals surface area contributed by atoms with Crippen LogP contribution in [0.2, 0.25) is 0 Å². The molecule has 13 nitrogen and oxygen atoms in total. The monoisotopic (exact) mass is 577 g/mol. The molecule has 40 heavy (non-hydrogen) atoms. The van der Waals surface area contributed by atoms with Gasteiger partial charge in [0, 0.05) is 30.3 Å². The topological polar surface area (TPSA) is 233 Å². The summed E-state index contributed by atoms with van der Waals surface area (Å²) in [6.07, 6.45) is -10.9. The van der Waals surface area contributed by atoms with Gasteiger partial charge in [0.25, 0.3) is 0 Å². The van der Waals surface area contributed by atoms with Gasteiger partial charge in [-0.2, -0.15) is 0 Å². The fraction of sp³-hybridized carbons (Fsp3) is 1.00. The summed E-state index contributed by atoms with van der Waals surface area (Å²) < 4.78 is 6.07. The molecule has 4 fully saturated rings. The van der Waals surface area contributed by atoms with Crippen LogP contribution in [0.15, 0.2) is 0 Å². The van der Waals surface area contributed by atoms with E-state index >= 15 is 0 Å². The summed E-state index contributed by atoms with van der Waals surface area (Å²) in [7, 11) is 3.63. The number of ether oxygens (including phenoxy) is 1. The van der Waals surface area contributed by atoms with Crippen molar-refractivity contribution in [3.63, 3.8) is 0 Å². The van der Waals surface area contributed by atoms with E-state index in [1.165, 1.54) is 0 Å². The molecule has 0 aliphatic heterocycles. The molecule has 4 rings (SSSR count). The van der Waals surface area contributed by atoms with Gasteiger partial charge in [-0.25, -0.2) is 0 Å². The fourth-order valence-corrected chi connectivity index (χ4v) is 8.78. The van der Waals surface area contributed by atoms with Crippen molar-refractivity contribution in [1.29, 1.82) is 0 Å². The van der Waals surface area contributed by atoms with Crippen molar-refractivity contribution in [3.05, 3.63) is 0 Å². The highest BCUT2D eigenvalue weighted by Crippen LogP contribution is 2.60. The van der Waals surface area contributed by atoms with Gasteiger partial charge in [-0.05, 0) is 57.5 Å². The minimum absolute atomic E-state index is 0.164. The predicted octanol–water partition coefficient (Wildman–Crippen LogP) is -3.69. The molecular formula is C27H51N3O10. The number of nitrogens with zero attached hydrogens (tertiary/aromatic N) is 1. The molecule has 0 aromatic heterocycles. The van der Waals surface area contributed by atoms with Crippen LogP contribution in [0.4, 0.5) is 0 Å². The molecule has 12 N–H and O–H groups in total. The first kappa shape index (κ1) is 32.4. The molecule has 13 heteroatoms. The first-order valence-corrected chi connectivity index (χ1v) is 14.6. The Morgan fingerprint density at radius 2 is 1.62 bits per heavy atom. The zero-order valence-electron chi connectivity index (χ0n) is 23.8. The normalized spacial score (nSPS) is 51.4. The van der Waals surface area contributed by atoms with Crippen LogP contribution >= 0.6 is 0 Å². The van der Waals surface area contributed by atoms with Crippen molar-refractivity contribution >= 4 is 0 Å². The lowest BCUT2D eigenvalue weighted by Crippen LogP contribution is -2.78. The van der Waals surface area contributed by atoms with E-state index in [1.54, 1.807) is 11.8 Å². The zero-order chi connectivity index (χ0) is 29.8. The Kier molecular flexibility index (Phi) is 9.91. The van der Waals surface area contributed by atoms with E-state index in [4.69, 9.17) is 10.5 Å². The predicted molar refractivity (Wildman–Crippen MR) is 142 cm³/mol. The first-order valence-electron chi connectivity index (χ1n) is 14.6. The van der Waals surface area contributed by atoms with Gasteiger partial charge >= 0.3 is 0 Å². The molecule has 0 bridgehead atoms. The molecule has 0 radical (unpaired) electrons. The van der Waals surface area contributed by atoms with Gasteiger partial charge in [0.2, 0.25) is 0 Å². The molecule has 0 heterocycles. The van der Waals surface area contributed by atoms with Gasteiger partial charge in [-0.3, -0.25) is 5.32 Å². The molecule has 18 atom stereocenters. The number of aliphatic hydroxyl groups is 9. The molecule has 0 aromatic carbocycles. The van der Waals surface area contributed by atoms with Crippen LogP contribution in [0.3, 0.4) is 0 Å². The molecule has 0 saturated heterocycles. The van der Waals surface area contributed by atoms with Gasteiger partial charge in [0.1, 0.15) is 18.1 Å². The second-order valence-electron chi connectivity index (χ2n) is 13.1. The Labute approximate surface area is 235 Å². The van der Waals surface area contributed by atoms with Crippen molar-refractivity contribution < 1.29 is 50.7 Å². The number of nitrogens with one attached hydrogen (secondary N) is 1. The van der Waals surface area contributed by atoms with E-state index in [9.17, 15) is 46.0 Å². The van der Waals surface area contributed by atoms with E-state index in [0.717, 1.165) is 0 Å². The van der Waals surface area contributed by atoms with Crippen LogP contribution in [-0.4, -0.2) is 139 Å². The number of hydrogen-bond donors (Lipinski definition) is 11. The Bertz CT molecular complexity index is 855. The highest BCUT2D eigenvalue weighted by atomic mass is 16.6. The van der Waals surface area contributed by atoms with Crippen molar-refractivity contribution in [2.75, 3.05) is 20.6 Å². The molecule has 0 amide bonds. The third-order valence-corrected chi connectivity index (χ3v) is 10.6. The SMILES string of the molecule is CCC(O)O[C@H]1C2C(C)C3CCC(NC(O)CN(C)C)C(O)C3C(O)C2C(O)[C@]2(O)C(O)C(C(N)O)C(O)CC12. The molecule has 4 aliphatic rings. The van der Waals surface area contributed by atoms with Crippen LogP contribution < -0.4 is 11.1 Å². The number of nitrogens with two attached hydrogens (primary N) is 1. The Balaban J connectivity index is 1.72. The van der Waals surface area contributed by atoms with E-state index in [0.29, 0.717) is 19.4 Å². The van der Waals surface area contributed by atoms with Crippen LogP contribution in [0.1, 0.15) is 39.5 Å². The van der Waals surface area contributed by atoms with Crippen LogP contribution in [0.5, 0.6) is 0 Å². The number of likely N-dealkylation sites (N-methyl/N-ethyl adjacent to an activating group) is 1. The highest BCUT2D eigenvalue weighted by Gasteiger charge is 2.71. The van der Waals surface area contributed by atoms with Crippen molar-refractivity contribution in [2.45, 2.75) is 107 Å². The Morgan fingerprint density at radius 1 is 0.975 bits per heavy atom. The minimum atomic E-state index is -2.34. The Hall–Kier alpha value is -0.520. The average Bonchev–Trinajstić information content (AvgIpc) is 2.86. The van der Waals surface area contributed by atoms with Crippen molar-refractivity contribution in [2.24, 2.45) is 47.2 Å². The van der Waals surface area contributed by atoms with Gasteiger partial charge in [0.15, 0.2) is 6.29 Å². The second-order valence-corrected chi connectivity index (χ2v) is 13.1. The van der Waals surface area contributed by atoms with Crippen LogP contribution in [-0.2, 0) is 4.74 Å². The number of rotatable bonds is 8. The van der Waals surface area contributed by atoms with Gasteiger partial charge in [0.05, 0.1) is 42.5 Å². The first-order chi connectivity index (χ1) is 18.7. The molecule has 4 saturated carbocycles. The second kappa shape index (κ2) is 12.2. The van der Waals surface area contributed by atoms with E-state index < -0.39 is 96.6 Å². The van der Waals surface area contributed by atoms with Gasteiger partial charge in [-0.15, -0.1) is 0 Å². The lowest BCUT2D eigenvalue weighted by molar-refractivity contribution is -0.341. The molecule has 0 aromatic rings. The minimum Gasteiger partial charge on any atom is -0.393 e. The maximum Gasteiger partial charge on any atom is 0.154 e. The van der Waals surface area contributed by atoms with Crippen LogP contribution in [0, 0.1) is 41.4 Å². The van der Waals surface area contributed by atoms with E-state index in [2.05, 4.69) is 5.32 Å². The average molecular weight is 578 g/mol. The largest absolute Gasteiger partial charge is 0.393 e. The summed E-state index contributed by atoms with van der Waals surface area (Å²) >= 11 is 0. The zero-order valence-corrected chi connectivity index (χ0v) is 23.8. The smallest absolute Gasteiger partial charge is 0.154 e. The van der Waals surface area contributed by atoms with Crippen LogP contribution in [0.25, 0.3) is 0 Å². The molecular weight excluding hydrogens is 526 g/mol. The standard InChI is InChI=1S/C27H51N3O10/c1-5-16(33)40-23-12-8-14(31)19(26(28)38)24(36)27(12,39)25(37)20-17(23)10(2)11-6-7-13(21(34)18(11)22(20)35)29-15(32)9-30(3)4/h10-26,29,31-39H,5-9,28H2,1-4H3/t10?,11?,12?,13?,14?,15?,16?,17?,18?,19?,20?,21?,22?,23-,24?,25?,26?,27-/m1/s1. The highest BCUT2D eigenvalue weighted by molar-refractivity contribution is 5.20. The maximum atomic E-state index is 12.0. The van der Waals surface area contributed by atoms with Crippen molar-refractivity contribution in [1.82, 2.24) is 10.2 Å². The quantitative estimate of drug-likeness (QED) is 0.125. The van der Waals surface area contributed by atoms with Crippen molar-refractivity contribution in [3.8, 4) is 0 Å². The number of aliphatic hydroxyl groups excluding tert-OH is 8. The van der Waals surface area contributed by atoms with E-state index in [1.807, 2.05) is 21.0 Å². The summed E-state index contributed by atoms with van der Waals surface area (Å²) in [5.74, 6) is -5.25. The molecule has 0 spiro atoms. The lowest BCUT2D eigenvalue weighted by atomic mass is 9.45. The lowest BCUT2D eigenvalue weighted by Gasteiger charge is -2.65. The molecule has 16 unspecified atom stereocenters. The summed E-state index contributed by atoms with van der Waals surface area (Å²) in [4.78, 5) is 1.80. The third kappa shape index (κ3) is 5.36. The van der Waals surface area contributed by atoms with Gasteiger partial charge < -0.3 is 61.3 Å². The summed E-state index contributed by atoms with van der Waals surface area (Å²) in [5, 5.41) is 103. The number of fused-ring (bicyclic) bond motifs is 3. The summed E-state index contributed by atoms with van der Waals surface area (Å²) in [6.45, 7) is 3.98. The Morgan fingerprint density at radius 3 is 2.20 bits per heavy atom. The molecule has 234 valence electrons.